The van der Waals surface area contributed by atoms with Gasteiger partial charge in [0.2, 0.25) is 5.91 Å². The van der Waals surface area contributed by atoms with Crippen LogP contribution in [0.25, 0.3) is 5.82 Å². The molecule has 4 rings (SSSR count). The molecule has 8 heteroatoms. The van der Waals surface area contributed by atoms with Crippen LogP contribution < -0.4 is 10.2 Å². The van der Waals surface area contributed by atoms with Crippen molar-refractivity contribution in [2.24, 2.45) is 5.92 Å². The average molecular weight is 488 g/mol. The minimum absolute atomic E-state index is 0.0410. The van der Waals surface area contributed by atoms with Gasteiger partial charge in [0.25, 0.3) is 0 Å². The molecule has 1 unspecified atom stereocenters. The molecule has 7 nitrogen and oxygen atoms in total. The summed E-state index contributed by atoms with van der Waals surface area (Å²) in [5.74, 6) is 1.61. The van der Waals surface area contributed by atoms with Gasteiger partial charge < -0.3 is 10.2 Å². The van der Waals surface area contributed by atoms with Crippen LogP contribution in [0.4, 0.5) is 5.82 Å². The van der Waals surface area contributed by atoms with E-state index in [0.29, 0.717) is 13.1 Å². The molecule has 0 aliphatic carbocycles. The van der Waals surface area contributed by atoms with Crippen molar-refractivity contribution in [1.82, 2.24) is 25.1 Å². The molecule has 1 aromatic carbocycles. The van der Waals surface area contributed by atoms with E-state index in [9.17, 15) is 4.79 Å². The molecule has 3 heterocycles. The van der Waals surface area contributed by atoms with Crippen LogP contribution in [0.3, 0.4) is 0 Å². The Morgan fingerprint density at radius 3 is 2.82 bits per heavy atom. The second-order valence-corrected chi connectivity index (χ2v) is 8.06. The van der Waals surface area contributed by atoms with E-state index < -0.39 is 0 Å². The molecule has 0 saturated carbocycles. The van der Waals surface area contributed by atoms with Gasteiger partial charge in [-0.1, -0.05) is 12.1 Å². The summed E-state index contributed by atoms with van der Waals surface area (Å²) < 4.78 is 2.90. The number of halogens is 1. The third-order valence-electron chi connectivity index (χ3n) is 4.87. The highest BCUT2D eigenvalue weighted by Gasteiger charge is 2.26. The van der Waals surface area contributed by atoms with Crippen LogP contribution in [0.5, 0.6) is 0 Å². The van der Waals surface area contributed by atoms with Crippen molar-refractivity contribution in [1.29, 1.82) is 0 Å². The zero-order valence-electron chi connectivity index (χ0n) is 15.3. The lowest BCUT2D eigenvalue weighted by Crippen LogP contribution is -2.43. The van der Waals surface area contributed by atoms with Gasteiger partial charge in [0.15, 0.2) is 5.82 Å². The quantitative estimate of drug-likeness (QED) is 0.560. The van der Waals surface area contributed by atoms with Crippen molar-refractivity contribution in [3.63, 3.8) is 0 Å². The molecule has 1 N–H and O–H groups in total. The summed E-state index contributed by atoms with van der Waals surface area (Å²) in [5, 5.41) is 7.30. The SMILES string of the molecule is O=C(NCc1ccc(I)cc1)C1CCCN(c2cc(-n3cccn3)ncn2)C1. The minimum Gasteiger partial charge on any atom is -0.356 e. The number of nitrogens with zero attached hydrogens (tertiary/aromatic N) is 5. The molecule has 1 amide bonds. The van der Waals surface area contributed by atoms with Gasteiger partial charge in [0.1, 0.15) is 12.1 Å². The first kappa shape index (κ1) is 18.9. The Morgan fingerprint density at radius 2 is 2.04 bits per heavy atom. The number of carbonyl (C=O) groups is 1. The number of rotatable bonds is 5. The van der Waals surface area contributed by atoms with E-state index in [0.717, 1.165) is 36.6 Å². The fourth-order valence-electron chi connectivity index (χ4n) is 3.37. The highest BCUT2D eigenvalue weighted by atomic mass is 127. The molecule has 0 bridgehead atoms. The maximum atomic E-state index is 12.7. The summed E-state index contributed by atoms with van der Waals surface area (Å²) in [4.78, 5) is 23.5. The molecule has 1 atom stereocenters. The van der Waals surface area contributed by atoms with Crippen LogP contribution in [0.15, 0.2) is 55.1 Å². The lowest BCUT2D eigenvalue weighted by molar-refractivity contribution is -0.125. The van der Waals surface area contributed by atoms with Crippen molar-refractivity contribution in [2.45, 2.75) is 19.4 Å². The molecule has 3 aromatic rings. The molecule has 1 aliphatic rings. The summed E-state index contributed by atoms with van der Waals surface area (Å²) in [7, 11) is 0. The Morgan fingerprint density at radius 1 is 1.21 bits per heavy atom. The van der Waals surface area contributed by atoms with Gasteiger partial charge in [0, 0.05) is 41.7 Å². The molecule has 28 heavy (non-hydrogen) atoms. The van der Waals surface area contributed by atoms with Gasteiger partial charge in [-0.15, -0.1) is 0 Å². The largest absolute Gasteiger partial charge is 0.356 e. The number of piperidine rings is 1. The Kier molecular flexibility index (Phi) is 5.84. The van der Waals surface area contributed by atoms with E-state index in [1.54, 1.807) is 17.2 Å². The highest BCUT2D eigenvalue weighted by molar-refractivity contribution is 14.1. The molecule has 144 valence electrons. The number of carbonyl (C=O) groups excluding carboxylic acids is 1. The van der Waals surface area contributed by atoms with E-state index in [1.807, 2.05) is 30.5 Å². The normalized spacial score (nSPS) is 16.8. The number of anilines is 1. The second kappa shape index (κ2) is 8.68. The number of nitrogens with one attached hydrogen (secondary N) is 1. The lowest BCUT2D eigenvalue weighted by atomic mass is 9.97. The van der Waals surface area contributed by atoms with Crippen LogP contribution >= 0.6 is 22.6 Å². The van der Waals surface area contributed by atoms with Crippen molar-refractivity contribution in [2.75, 3.05) is 18.0 Å². The first-order valence-corrected chi connectivity index (χ1v) is 10.4. The zero-order chi connectivity index (χ0) is 19.3. The van der Waals surface area contributed by atoms with E-state index >= 15 is 0 Å². The van der Waals surface area contributed by atoms with E-state index in [2.05, 4.69) is 60.0 Å². The molecule has 2 aromatic heterocycles. The van der Waals surface area contributed by atoms with Gasteiger partial charge in [-0.2, -0.15) is 5.10 Å². The van der Waals surface area contributed by atoms with Crippen LogP contribution in [0.1, 0.15) is 18.4 Å². The summed E-state index contributed by atoms with van der Waals surface area (Å²) in [5.41, 5.74) is 1.11. The Hall–Kier alpha value is -2.49. The molecular formula is C20H21IN6O. The maximum Gasteiger partial charge on any atom is 0.225 e. The standard InChI is InChI=1S/C20H21IN6O/c21-17-6-4-15(5-7-17)12-22-20(28)16-3-1-9-26(13-16)18-11-19(24-14-23-18)27-10-2-8-25-27/h2,4-8,10-11,14,16H,1,3,9,12-13H2,(H,22,28). The number of benzene rings is 1. The predicted octanol–water partition coefficient (Wildman–Crippen LogP) is 2.80. The Balaban J connectivity index is 1.39. The van der Waals surface area contributed by atoms with E-state index in [-0.39, 0.29) is 11.8 Å². The fraction of sp³-hybridized carbons (Fsp3) is 0.300. The number of hydrogen-bond acceptors (Lipinski definition) is 5. The number of amides is 1. The van der Waals surface area contributed by atoms with Crippen LogP contribution in [-0.4, -0.2) is 38.7 Å². The summed E-state index contributed by atoms with van der Waals surface area (Å²) in [6.45, 7) is 2.10. The first-order chi connectivity index (χ1) is 13.7. The maximum absolute atomic E-state index is 12.7. The number of aromatic nitrogens is 4. The summed E-state index contributed by atoms with van der Waals surface area (Å²) >= 11 is 2.28. The van der Waals surface area contributed by atoms with Crippen molar-refractivity contribution >= 4 is 34.3 Å². The molecule has 1 fully saturated rings. The zero-order valence-corrected chi connectivity index (χ0v) is 17.5. The topological polar surface area (TPSA) is 75.9 Å². The van der Waals surface area contributed by atoms with Crippen molar-refractivity contribution < 1.29 is 4.79 Å². The van der Waals surface area contributed by atoms with Crippen molar-refractivity contribution in [3.05, 3.63) is 64.3 Å². The summed E-state index contributed by atoms with van der Waals surface area (Å²) in [6.07, 6.45) is 6.97. The van der Waals surface area contributed by atoms with Gasteiger partial charge in [0.05, 0.1) is 5.92 Å². The van der Waals surface area contributed by atoms with Gasteiger partial charge >= 0.3 is 0 Å². The predicted molar refractivity (Wildman–Crippen MR) is 115 cm³/mol. The highest BCUT2D eigenvalue weighted by Crippen LogP contribution is 2.22. The molecule has 1 aliphatic heterocycles. The van der Waals surface area contributed by atoms with Crippen molar-refractivity contribution in [3.8, 4) is 5.82 Å². The third kappa shape index (κ3) is 4.49. The lowest BCUT2D eigenvalue weighted by Gasteiger charge is -2.32. The first-order valence-electron chi connectivity index (χ1n) is 9.28. The molecule has 1 saturated heterocycles. The molecular weight excluding hydrogens is 467 g/mol. The number of hydrogen-bond donors (Lipinski definition) is 1. The van der Waals surface area contributed by atoms with E-state index in [4.69, 9.17) is 0 Å². The Bertz CT molecular complexity index is 928. The molecule has 0 spiro atoms. The Labute approximate surface area is 177 Å². The minimum atomic E-state index is -0.0410. The van der Waals surface area contributed by atoms with Crippen LogP contribution in [0.2, 0.25) is 0 Å². The monoisotopic (exact) mass is 488 g/mol. The van der Waals surface area contributed by atoms with E-state index in [1.165, 1.54) is 3.57 Å². The van der Waals surface area contributed by atoms with Gasteiger partial charge in [-0.05, 0) is 59.2 Å². The second-order valence-electron chi connectivity index (χ2n) is 6.81. The van der Waals surface area contributed by atoms with Crippen LogP contribution in [-0.2, 0) is 11.3 Å². The van der Waals surface area contributed by atoms with Gasteiger partial charge in [-0.25, -0.2) is 14.6 Å². The summed E-state index contributed by atoms with van der Waals surface area (Å²) in [6, 6.07) is 12.0. The third-order valence-corrected chi connectivity index (χ3v) is 5.59. The van der Waals surface area contributed by atoms with Crippen LogP contribution in [0, 0.1) is 9.49 Å². The smallest absolute Gasteiger partial charge is 0.225 e. The van der Waals surface area contributed by atoms with Gasteiger partial charge in [-0.3, -0.25) is 4.79 Å². The molecule has 0 radical (unpaired) electrons. The average Bonchev–Trinajstić information content (AvgIpc) is 3.28. The fourth-order valence-corrected chi connectivity index (χ4v) is 3.73.